The van der Waals surface area contributed by atoms with Crippen molar-refractivity contribution in [2.45, 2.75) is 13.1 Å². The maximum absolute atomic E-state index is 11.9. The number of hydrogen-bond donors (Lipinski definition) is 1. The molecule has 4 aromatic heterocycles. The zero-order valence-electron chi connectivity index (χ0n) is 29.3. The van der Waals surface area contributed by atoms with E-state index in [2.05, 4.69) is 30.4 Å². The van der Waals surface area contributed by atoms with E-state index >= 15 is 0 Å². The van der Waals surface area contributed by atoms with Crippen LogP contribution in [0.15, 0.2) is 85.5 Å². The number of nitrogens with zero attached hydrogens (tertiary/aromatic N) is 10. The molecule has 0 radical (unpaired) electrons. The van der Waals surface area contributed by atoms with Crippen molar-refractivity contribution in [2.24, 2.45) is 19.8 Å². The normalized spacial score (nSPS) is 11.2. The molecule has 0 saturated heterocycles. The standard InChI is InChI=1S/C19H15Cl2N5O2.C18H14Cl2N6O/c1-25-16(9-26-18(19(27)28-2)22-10-23-26)14-5-3-4-13(17(14)24-25)12-7-6-11(20)8-15(12)21;1-25-15(8-26-18(17(21)27)22-9-23-26)13-4-2-3-12(16(13)24-25)11-6-5-10(19)7-14(11)20/h3-8,10H,9H2,1-2H3;2-7,9H,8H2,1H3,(H2,21,27). The molecule has 4 heterocycles. The van der Waals surface area contributed by atoms with Crippen LogP contribution in [0.1, 0.15) is 32.6 Å². The first-order valence-electron chi connectivity index (χ1n) is 16.4. The number of aryl methyl sites for hydroxylation is 2. The summed E-state index contributed by atoms with van der Waals surface area (Å²) in [5, 5.41) is 21.7. The molecule has 0 bridgehead atoms. The second-order valence-corrected chi connectivity index (χ2v) is 13.8. The summed E-state index contributed by atoms with van der Waals surface area (Å²) in [6.07, 6.45) is 2.63. The summed E-state index contributed by atoms with van der Waals surface area (Å²) in [5.41, 5.74) is 12.2. The number of esters is 1. The third-order valence-corrected chi connectivity index (χ3v) is 9.93. The monoisotopic (exact) mass is 815 g/mol. The maximum Gasteiger partial charge on any atom is 0.375 e. The van der Waals surface area contributed by atoms with E-state index in [1.165, 1.54) is 29.1 Å². The van der Waals surface area contributed by atoms with Crippen LogP contribution in [0, 0.1) is 0 Å². The van der Waals surface area contributed by atoms with Gasteiger partial charge < -0.3 is 10.5 Å². The third kappa shape index (κ3) is 7.36. The van der Waals surface area contributed by atoms with Crippen molar-refractivity contribution < 1.29 is 14.3 Å². The van der Waals surface area contributed by atoms with Crippen molar-refractivity contribution in [1.29, 1.82) is 0 Å². The average molecular weight is 818 g/mol. The van der Waals surface area contributed by atoms with Gasteiger partial charge in [0.2, 0.25) is 11.6 Å². The van der Waals surface area contributed by atoms with Crippen LogP contribution >= 0.6 is 46.4 Å². The van der Waals surface area contributed by atoms with Gasteiger partial charge in [-0.15, -0.1) is 0 Å². The van der Waals surface area contributed by atoms with Crippen LogP contribution in [-0.4, -0.2) is 68.1 Å². The lowest BCUT2D eigenvalue weighted by Crippen LogP contribution is -2.20. The van der Waals surface area contributed by atoms with Crippen LogP contribution in [0.25, 0.3) is 44.1 Å². The van der Waals surface area contributed by atoms with E-state index in [4.69, 9.17) is 56.9 Å². The van der Waals surface area contributed by atoms with Gasteiger partial charge in [0.15, 0.2) is 0 Å². The molecule has 18 heteroatoms. The van der Waals surface area contributed by atoms with Crippen LogP contribution in [0.2, 0.25) is 20.1 Å². The molecule has 0 aliphatic heterocycles. The fourth-order valence-electron chi connectivity index (χ4n) is 6.25. The highest BCUT2D eigenvalue weighted by Crippen LogP contribution is 2.37. The Morgan fingerprint density at radius 3 is 1.55 bits per heavy atom. The fraction of sp³-hybridized carbons (Fsp3) is 0.135. The van der Waals surface area contributed by atoms with Crippen LogP contribution < -0.4 is 5.73 Å². The number of carbonyl (C=O) groups is 2. The Kier molecular flexibility index (Phi) is 10.6. The fourth-order valence-corrected chi connectivity index (χ4v) is 7.27. The number of rotatable bonds is 8. The number of benzene rings is 4. The molecule has 0 atom stereocenters. The minimum Gasteiger partial charge on any atom is -0.463 e. The SMILES string of the molecule is COC(=O)c1ncnn1Cc1c2cccc(-c3ccc(Cl)cc3Cl)c2nn1C.Cn1nc2c(-c3ccc(Cl)cc3Cl)cccc2c1Cn1ncnc1C(N)=O. The molecule has 0 fully saturated rings. The number of primary amides is 1. The summed E-state index contributed by atoms with van der Waals surface area (Å²) in [6, 6.07) is 22.5. The van der Waals surface area contributed by atoms with E-state index in [0.29, 0.717) is 33.2 Å². The van der Waals surface area contributed by atoms with Crippen LogP contribution in [0.4, 0.5) is 0 Å². The number of amides is 1. The zero-order valence-corrected chi connectivity index (χ0v) is 32.3. The zero-order chi connectivity index (χ0) is 39.0. The van der Waals surface area contributed by atoms with Gasteiger partial charge in [-0.2, -0.15) is 20.4 Å². The summed E-state index contributed by atoms with van der Waals surface area (Å²) in [7, 11) is 4.99. The molecule has 2 N–H and O–H groups in total. The third-order valence-electron chi connectivity index (χ3n) is 8.84. The van der Waals surface area contributed by atoms with Crippen molar-refractivity contribution in [3.63, 3.8) is 0 Å². The highest BCUT2D eigenvalue weighted by atomic mass is 35.5. The Balaban J connectivity index is 0.000000169. The molecule has 1 amide bonds. The molecule has 14 nitrogen and oxygen atoms in total. The van der Waals surface area contributed by atoms with Gasteiger partial charge in [-0.25, -0.2) is 24.1 Å². The second-order valence-electron chi connectivity index (χ2n) is 12.1. The van der Waals surface area contributed by atoms with Crippen LogP contribution in [0.5, 0.6) is 0 Å². The van der Waals surface area contributed by atoms with E-state index < -0.39 is 11.9 Å². The van der Waals surface area contributed by atoms with Gasteiger partial charge in [0.1, 0.15) is 23.7 Å². The van der Waals surface area contributed by atoms with E-state index in [1.54, 1.807) is 33.6 Å². The number of hydrogen-bond acceptors (Lipinski definition) is 9. The predicted molar refractivity (Wildman–Crippen MR) is 210 cm³/mol. The van der Waals surface area contributed by atoms with Gasteiger partial charge in [0.25, 0.3) is 5.91 Å². The quantitative estimate of drug-likeness (QED) is 0.155. The van der Waals surface area contributed by atoms with Gasteiger partial charge in [-0.3, -0.25) is 14.2 Å². The molecule has 8 aromatic rings. The van der Waals surface area contributed by atoms with Crippen molar-refractivity contribution in [1.82, 2.24) is 49.1 Å². The summed E-state index contributed by atoms with van der Waals surface area (Å²) in [5.74, 6) is -0.944. The summed E-state index contributed by atoms with van der Waals surface area (Å²) in [4.78, 5) is 31.3. The van der Waals surface area contributed by atoms with Crippen molar-refractivity contribution >= 4 is 80.1 Å². The van der Waals surface area contributed by atoms with Crippen LogP contribution in [0.3, 0.4) is 0 Å². The number of nitrogens with two attached hydrogens (primary N) is 1. The molecule has 0 unspecified atom stereocenters. The van der Waals surface area contributed by atoms with E-state index in [0.717, 1.165) is 55.4 Å². The molecule has 0 spiro atoms. The molecule has 4 aromatic carbocycles. The minimum absolute atomic E-state index is 0.0984. The highest BCUT2D eigenvalue weighted by Gasteiger charge is 2.21. The lowest BCUT2D eigenvalue weighted by atomic mass is 10.0. The maximum atomic E-state index is 11.9. The molecule has 0 aliphatic rings. The number of fused-ring (bicyclic) bond motifs is 2. The van der Waals surface area contributed by atoms with Gasteiger partial charge in [-0.05, 0) is 24.3 Å². The van der Waals surface area contributed by atoms with Crippen LogP contribution in [-0.2, 0) is 31.9 Å². The Morgan fingerprint density at radius 1 is 0.655 bits per heavy atom. The van der Waals surface area contributed by atoms with E-state index in [1.807, 2.05) is 62.6 Å². The summed E-state index contributed by atoms with van der Waals surface area (Å²) < 4.78 is 11.2. The Bertz CT molecular complexity index is 2750. The molecular formula is C37H29Cl4N11O3. The predicted octanol–water partition coefficient (Wildman–Crippen LogP) is 7.26. The summed E-state index contributed by atoms with van der Waals surface area (Å²) >= 11 is 24.8. The highest BCUT2D eigenvalue weighted by molar-refractivity contribution is 6.37. The lowest BCUT2D eigenvalue weighted by Gasteiger charge is -2.07. The van der Waals surface area contributed by atoms with Gasteiger partial charge in [0.05, 0.1) is 31.6 Å². The molecule has 8 rings (SSSR count). The minimum atomic E-state index is -0.632. The topological polar surface area (TPSA) is 166 Å². The average Bonchev–Trinajstić information content (AvgIpc) is 3.95. The molecule has 278 valence electrons. The Labute approximate surface area is 332 Å². The number of ether oxygens (including phenoxy) is 1. The van der Waals surface area contributed by atoms with E-state index in [-0.39, 0.29) is 11.6 Å². The number of carbonyl (C=O) groups excluding carboxylic acids is 2. The van der Waals surface area contributed by atoms with Gasteiger partial charge >= 0.3 is 5.97 Å². The first-order valence-corrected chi connectivity index (χ1v) is 17.9. The molecular weight excluding hydrogens is 788 g/mol. The Morgan fingerprint density at radius 2 is 1.11 bits per heavy atom. The second kappa shape index (κ2) is 15.5. The van der Waals surface area contributed by atoms with Gasteiger partial charge in [0, 0.05) is 67.2 Å². The summed E-state index contributed by atoms with van der Waals surface area (Å²) in [6.45, 7) is 0.623. The molecule has 0 saturated carbocycles. The number of aromatic nitrogens is 10. The first-order chi connectivity index (χ1) is 26.4. The number of halogens is 4. The van der Waals surface area contributed by atoms with Crippen molar-refractivity contribution in [2.75, 3.05) is 7.11 Å². The number of methoxy groups -OCH3 is 1. The van der Waals surface area contributed by atoms with Crippen molar-refractivity contribution in [3.8, 4) is 22.3 Å². The van der Waals surface area contributed by atoms with E-state index in [9.17, 15) is 9.59 Å². The van der Waals surface area contributed by atoms with Crippen molar-refractivity contribution in [3.05, 3.63) is 129 Å². The largest absolute Gasteiger partial charge is 0.463 e. The smallest absolute Gasteiger partial charge is 0.375 e. The van der Waals surface area contributed by atoms with Gasteiger partial charge in [-0.1, -0.05) is 94.9 Å². The lowest BCUT2D eigenvalue weighted by molar-refractivity contribution is 0.0580. The molecule has 0 aliphatic carbocycles. The molecule has 55 heavy (non-hydrogen) atoms. The Hall–Kier alpha value is -5.80. The first kappa shape index (κ1) is 37.5.